The molecule has 2 heteroatoms. The molecule has 296 valence electrons. The minimum absolute atomic E-state index is 0.147. The molecule has 0 fully saturated rings. The van der Waals surface area contributed by atoms with Crippen LogP contribution in [0.5, 0.6) is 0 Å². The fourth-order valence-corrected chi connectivity index (χ4v) is 10.6. The number of hydrogen-bond donors (Lipinski definition) is 0. The van der Waals surface area contributed by atoms with Crippen LogP contribution in [-0.4, -0.2) is 0 Å². The largest absolute Gasteiger partial charge is 0.310 e. The van der Waals surface area contributed by atoms with E-state index >= 15 is 0 Å². The van der Waals surface area contributed by atoms with Crippen LogP contribution < -0.4 is 9.80 Å². The van der Waals surface area contributed by atoms with E-state index in [2.05, 4.69) is 245 Å². The average molecular weight is 787 g/mol. The van der Waals surface area contributed by atoms with Crippen molar-refractivity contribution >= 4 is 46.3 Å². The second kappa shape index (κ2) is 13.6. The monoisotopic (exact) mass is 786 g/mol. The predicted molar refractivity (Wildman–Crippen MR) is 258 cm³/mol. The van der Waals surface area contributed by atoms with Crippen LogP contribution in [0, 0.1) is 0 Å². The van der Waals surface area contributed by atoms with E-state index in [0.29, 0.717) is 0 Å². The Bertz CT molecular complexity index is 3040. The summed E-state index contributed by atoms with van der Waals surface area (Å²) in [4.78, 5) is 4.89. The Morgan fingerprint density at radius 3 is 1.39 bits per heavy atom. The van der Waals surface area contributed by atoms with Crippen LogP contribution >= 0.6 is 0 Å². The molecule has 0 saturated heterocycles. The Kier molecular flexibility index (Phi) is 8.25. The first-order valence-corrected chi connectivity index (χ1v) is 21.7. The summed E-state index contributed by atoms with van der Waals surface area (Å²) in [6.07, 6.45) is 4.52. The van der Waals surface area contributed by atoms with E-state index in [1.807, 2.05) is 0 Å². The molecule has 2 nitrogen and oxygen atoms in total. The lowest BCUT2D eigenvalue weighted by molar-refractivity contribution is 0.627. The number of benzene rings is 8. The molecule has 0 atom stereocenters. The molecule has 0 aromatic heterocycles. The van der Waals surface area contributed by atoms with Gasteiger partial charge in [-0.1, -0.05) is 175 Å². The van der Waals surface area contributed by atoms with E-state index in [0.717, 1.165) is 0 Å². The van der Waals surface area contributed by atoms with Crippen molar-refractivity contribution in [1.82, 2.24) is 0 Å². The molecule has 0 N–H and O–H groups in total. The van der Waals surface area contributed by atoms with Gasteiger partial charge in [0.15, 0.2) is 0 Å². The number of anilines is 6. The fraction of sp³-hybridized carbons (Fsp3) is 0.153. The SMILES string of the molecule is CC1(C)c2cc(/C=C/c3ccc(-c4ccc5c(c4)C(C)(C)c4ccccc4N5c4ccccc4)cc3)ccc2-c2cc3c(cc21)N(c1ccccc1)c1ccccc1C3(C)C. The van der Waals surface area contributed by atoms with Gasteiger partial charge in [0.2, 0.25) is 0 Å². The van der Waals surface area contributed by atoms with Crippen molar-refractivity contribution in [2.24, 2.45) is 0 Å². The van der Waals surface area contributed by atoms with Gasteiger partial charge in [-0.15, -0.1) is 0 Å². The topological polar surface area (TPSA) is 6.48 Å². The number of nitrogens with zero attached hydrogens (tertiary/aromatic N) is 2. The van der Waals surface area contributed by atoms with Crippen molar-refractivity contribution in [3.05, 3.63) is 226 Å². The van der Waals surface area contributed by atoms with Crippen LogP contribution in [0.4, 0.5) is 34.1 Å². The molecule has 0 amide bonds. The van der Waals surface area contributed by atoms with Crippen LogP contribution in [0.15, 0.2) is 182 Å². The number of para-hydroxylation sites is 4. The number of fused-ring (bicyclic) bond motifs is 7. The van der Waals surface area contributed by atoms with E-state index in [1.54, 1.807) is 0 Å². The van der Waals surface area contributed by atoms with Crippen LogP contribution in [0.2, 0.25) is 0 Å². The molecule has 2 aliphatic heterocycles. The van der Waals surface area contributed by atoms with Crippen molar-refractivity contribution in [2.45, 2.75) is 57.8 Å². The lowest BCUT2D eigenvalue weighted by Gasteiger charge is -2.42. The number of hydrogen-bond acceptors (Lipinski definition) is 2. The van der Waals surface area contributed by atoms with Crippen LogP contribution in [-0.2, 0) is 16.2 Å². The van der Waals surface area contributed by atoms with E-state index in [1.165, 1.54) is 101 Å². The lowest BCUT2D eigenvalue weighted by Crippen LogP contribution is -2.31. The second-order valence-electron chi connectivity index (χ2n) is 18.7. The summed E-state index contributed by atoms with van der Waals surface area (Å²) in [6, 6.07) is 67.4. The Morgan fingerprint density at radius 1 is 0.311 bits per heavy atom. The van der Waals surface area contributed by atoms with Crippen LogP contribution in [0.3, 0.4) is 0 Å². The second-order valence-corrected chi connectivity index (χ2v) is 18.7. The van der Waals surface area contributed by atoms with Crippen molar-refractivity contribution in [3.63, 3.8) is 0 Å². The minimum atomic E-state index is -0.154. The quantitative estimate of drug-likeness (QED) is 0.160. The molecule has 1 aliphatic carbocycles. The third-order valence-corrected chi connectivity index (χ3v) is 14.0. The lowest BCUT2D eigenvalue weighted by atomic mass is 9.72. The van der Waals surface area contributed by atoms with Crippen molar-refractivity contribution in [1.29, 1.82) is 0 Å². The van der Waals surface area contributed by atoms with Gasteiger partial charge in [-0.25, -0.2) is 0 Å². The Morgan fingerprint density at radius 2 is 0.770 bits per heavy atom. The molecule has 0 bridgehead atoms. The van der Waals surface area contributed by atoms with Crippen molar-refractivity contribution in [2.75, 3.05) is 9.80 Å². The van der Waals surface area contributed by atoms with Gasteiger partial charge in [-0.2, -0.15) is 0 Å². The molecule has 11 rings (SSSR count). The first kappa shape index (κ1) is 37.1. The molecule has 0 radical (unpaired) electrons. The zero-order valence-corrected chi connectivity index (χ0v) is 35.9. The Labute approximate surface area is 361 Å². The smallest absolute Gasteiger partial charge is 0.0506 e. The highest BCUT2D eigenvalue weighted by Crippen LogP contribution is 2.58. The molecule has 8 aromatic rings. The molecule has 0 unspecified atom stereocenters. The first-order chi connectivity index (χ1) is 29.5. The standard InChI is InChI=1S/C59H50N2/c1-57(2)47-21-13-15-23-53(47)60(43-17-9-7-10-18-43)55-34-32-42(36-51(55)57)41-30-27-39(28-31-41)25-26-40-29-33-45-46-37-52-56(38-50(46)59(5,6)49(45)35-40)61(44-19-11-8-12-20-44)54-24-16-14-22-48(54)58(52,3)4/h7-38H,1-6H3/b26-25+. The molecule has 8 aromatic carbocycles. The molecule has 2 heterocycles. The van der Waals surface area contributed by atoms with Gasteiger partial charge < -0.3 is 9.80 Å². The summed E-state index contributed by atoms with van der Waals surface area (Å²) in [5.41, 5.74) is 22.6. The van der Waals surface area contributed by atoms with Gasteiger partial charge in [0, 0.05) is 27.6 Å². The van der Waals surface area contributed by atoms with Crippen LogP contribution in [0.1, 0.15) is 86.1 Å². The molecular weight excluding hydrogens is 737 g/mol. The summed E-state index contributed by atoms with van der Waals surface area (Å²) >= 11 is 0. The highest BCUT2D eigenvalue weighted by Gasteiger charge is 2.42. The maximum atomic E-state index is 2.50. The number of rotatable bonds is 5. The van der Waals surface area contributed by atoms with Crippen molar-refractivity contribution in [3.8, 4) is 22.3 Å². The van der Waals surface area contributed by atoms with E-state index in [9.17, 15) is 0 Å². The maximum absolute atomic E-state index is 2.50. The van der Waals surface area contributed by atoms with Gasteiger partial charge in [0.1, 0.15) is 0 Å². The molecule has 0 saturated carbocycles. The zero-order chi connectivity index (χ0) is 41.7. The highest BCUT2D eigenvalue weighted by molar-refractivity contribution is 5.92. The first-order valence-electron chi connectivity index (χ1n) is 21.7. The molecule has 3 aliphatic rings. The van der Waals surface area contributed by atoms with Crippen LogP contribution in [0.25, 0.3) is 34.4 Å². The zero-order valence-electron chi connectivity index (χ0n) is 35.9. The maximum Gasteiger partial charge on any atom is 0.0506 e. The molecule has 61 heavy (non-hydrogen) atoms. The van der Waals surface area contributed by atoms with E-state index in [-0.39, 0.29) is 16.2 Å². The summed E-state index contributed by atoms with van der Waals surface area (Å²) in [5, 5.41) is 0. The summed E-state index contributed by atoms with van der Waals surface area (Å²) in [7, 11) is 0. The van der Waals surface area contributed by atoms with Gasteiger partial charge in [0.25, 0.3) is 0 Å². The van der Waals surface area contributed by atoms with Gasteiger partial charge in [0.05, 0.1) is 22.7 Å². The minimum Gasteiger partial charge on any atom is -0.310 e. The Hall–Kier alpha value is -6.90. The summed E-state index contributed by atoms with van der Waals surface area (Å²) < 4.78 is 0. The predicted octanol–water partition coefficient (Wildman–Crippen LogP) is 16.0. The third-order valence-electron chi connectivity index (χ3n) is 14.0. The fourth-order valence-electron chi connectivity index (χ4n) is 10.6. The summed E-state index contributed by atoms with van der Waals surface area (Å²) in [5.74, 6) is 0. The Balaban J connectivity index is 0.899. The normalized spacial score (nSPS) is 16.0. The van der Waals surface area contributed by atoms with Gasteiger partial charge >= 0.3 is 0 Å². The average Bonchev–Trinajstić information content (AvgIpc) is 3.50. The molecule has 0 spiro atoms. The molecular formula is C59H50N2. The van der Waals surface area contributed by atoms with Gasteiger partial charge in [-0.3, -0.25) is 0 Å². The van der Waals surface area contributed by atoms with Crippen molar-refractivity contribution < 1.29 is 0 Å². The van der Waals surface area contributed by atoms with E-state index < -0.39 is 0 Å². The van der Waals surface area contributed by atoms with Gasteiger partial charge in [-0.05, 0) is 127 Å². The highest BCUT2D eigenvalue weighted by atomic mass is 15.2. The summed E-state index contributed by atoms with van der Waals surface area (Å²) in [6.45, 7) is 14.3. The third kappa shape index (κ3) is 5.69. The van der Waals surface area contributed by atoms with E-state index in [4.69, 9.17) is 0 Å².